The number of aromatic nitrogens is 3. The fourth-order valence-corrected chi connectivity index (χ4v) is 5.04. The molecule has 0 aliphatic carbocycles. The molecule has 3 aromatic rings. The predicted octanol–water partition coefficient (Wildman–Crippen LogP) is 2.21. The molecular weight excluding hydrogens is 412 g/mol. The van der Waals surface area contributed by atoms with Crippen LogP contribution in [0.1, 0.15) is 16.9 Å². The van der Waals surface area contributed by atoms with Crippen molar-refractivity contribution in [2.75, 3.05) is 29.0 Å². The van der Waals surface area contributed by atoms with Gasteiger partial charge < -0.3 is 21.3 Å². The maximum Gasteiger partial charge on any atom is 0.277 e. The fourth-order valence-electron chi connectivity index (χ4n) is 4.17. The van der Waals surface area contributed by atoms with Gasteiger partial charge in [-0.2, -0.15) is 5.10 Å². The minimum Gasteiger partial charge on any atom is -0.389 e. The van der Waals surface area contributed by atoms with Gasteiger partial charge in [0.1, 0.15) is 27.3 Å². The maximum atomic E-state index is 14.1. The molecule has 2 aliphatic rings. The van der Waals surface area contributed by atoms with Crippen molar-refractivity contribution in [3.63, 3.8) is 0 Å². The first-order chi connectivity index (χ1) is 14.4. The van der Waals surface area contributed by atoms with E-state index in [1.54, 1.807) is 10.9 Å². The molecule has 2 aliphatic heterocycles. The Morgan fingerprint density at radius 3 is 2.80 bits per heavy atom. The Morgan fingerprint density at radius 2 is 2.13 bits per heavy atom. The molecule has 2 fully saturated rings. The van der Waals surface area contributed by atoms with Crippen LogP contribution < -0.4 is 21.3 Å². The first kappa shape index (κ1) is 18.9. The van der Waals surface area contributed by atoms with E-state index in [1.807, 2.05) is 7.05 Å². The topological polar surface area (TPSA) is 101 Å². The second-order valence-corrected chi connectivity index (χ2v) is 8.47. The summed E-state index contributed by atoms with van der Waals surface area (Å²) in [7, 11) is 1.82. The lowest BCUT2D eigenvalue weighted by atomic mass is 10.2. The standard InChI is InChI=1S/C19H19F2N7OS/c1-27-19(28-8-9-5-10(28)6-23-9)13(7-24-27)25-17(29)15-16(22)30-18(26-15)14-11(20)3-2-4-12(14)21/h2-4,7,9-10,23H,5-6,8,22H2,1H3,(H,25,29). The molecule has 0 radical (unpaired) electrons. The maximum absolute atomic E-state index is 14.1. The molecule has 11 heteroatoms. The Bertz CT molecular complexity index is 1120. The highest BCUT2D eigenvalue weighted by atomic mass is 32.1. The summed E-state index contributed by atoms with van der Waals surface area (Å²) in [5, 5.41) is 10.6. The molecule has 0 saturated carbocycles. The van der Waals surface area contributed by atoms with E-state index in [2.05, 4.69) is 25.6 Å². The van der Waals surface area contributed by atoms with Gasteiger partial charge in [0, 0.05) is 32.2 Å². The summed E-state index contributed by atoms with van der Waals surface area (Å²) < 4.78 is 29.9. The van der Waals surface area contributed by atoms with Crippen molar-refractivity contribution in [3.05, 3.63) is 41.7 Å². The Morgan fingerprint density at radius 1 is 1.37 bits per heavy atom. The number of amides is 1. The number of hydrogen-bond donors (Lipinski definition) is 3. The number of benzene rings is 1. The molecule has 30 heavy (non-hydrogen) atoms. The zero-order valence-electron chi connectivity index (χ0n) is 16.0. The van der Waals surface area contributed by atoms with Crippen LogP contribution in [0.3, 0.4) is 0 Å². The van der Waals surface area contributed by atoms with E-state index in [4.69, 9.17) is 5.73 Å². The first-order valence-corrected chi connectivity index (χ1v) is 10.3. The molecule has 2 unspecified atom stereocenters. The molecule has 2 saturated heterocycles. The van der Waals surface area contributed by atoms with E-state index in [1.165, 1.54) is 6.07 Å². The third kappa shape index (κ3) is 3.01. The van der Waals surface area contributed by atoms with Crippen molar-refractivity contribution in [1.29, 1.82) is 0 Å². The third-order valence-electron chi connectivity index (χ3n) is 5.53. The smallest absolute Gasteiger partial charge is 0.277 e. The molecule has 8 nitrogen and oxygen atoms in total. The molecule has 5 rings (SSSR count). The number of fused-ring (bicyclic) bond motifs is 2. The van der Waals surface area contributed by atoms with Crippen LogP contribution in [0.5, 0.6) is 0 Å². The van der Waals surface area contributed by atoms with E-state index < -0.39 is 17.5 Å². The van der Waals surface area contributed by atoms with Crippen molar-refractivity contribution < 1.29 is 13.6 Å². The number of hydrogen-bond acceptors (Lipinski definition) is 7. The Kier molecular flexibility index (Phi) is 4.44. The number of nitrogen functional groups attached to an aromatic ring is 1. The number of thiazole rings is 1. The number of nitrogens with two attached hydrogens (primary N) is 1. The highest BCUT2D eigenvalue weighted by Crippen LogP contribution is 2.36. The highest BCUT2D eigenvalue weighted by Gasteiger charge is 2.40. The van der Waals surface area contributed by atoms with Gasteiger partial charge in [0.05, 0.1) is 11.8 Å². The molecule has 0 spiro atoms. The number of anilines is 3. The number of carbonyl (C=O) groups excluding carboxylic acids is 1. The molecule has 2 aromatic heterocycles. The van der Waals surface area contributed by atoms with E-state index in [0.29, 0.717) is 17.8 Å². The van der Waals surface area contributed by atoms with Crippen molar-refractivity contribution in [2.24, 2.45) is 7.05 Å². The number of rotatable bonds is 4. The molecule has 4 heterocycles. The van der Waals surface area contributed by atoms with Crippen LogP contribution in [-0.4, -0.2) is 45.8 Å². The number of aryl methyl sites for hydroxylation is 1. The van der Waals surface area contributed by atoms with E-state index >= 15 is 0 Å². The summed E-state index contributed by atoms with van der Waals surface area (Å²) in [6.07, 6.45) is 2.63. The van der Waals surface area contributed by atoms with E-state index in [9.17, 15) is 13.6 Å². The molecule has 4 N–H and O–H groups in total. The predicted molar refractivity (Wildman–Crippen MR) is 111 cm³/mol. The first-order valence-electron chi connectivity index (χ1n) is 9.46. The van der Waals surface area contributed by atoms with Gasteiger partial charge in [0.15, 0.2) is 11.5 Å². The minimum absolute atomic E-state index is 0.0163. The lowest BCUT2D eigenvalue weighted by molar-refractivity contribution is 0.102. The summed E-state index contributed by atoms with van der Waals surface area (Å²) in [5.41, 5.74) is 6.13. The number of piperazine rings is 1. The van der Waals surface area contributed by atoms with Gasteiger partial charge in [-0.25, -0.2) is 13.8 Å². The average Bonchev–Trinajstić information content (AvgIpc) is 3.46. The van der Waals surface area contributed by atoms with Crippen LogP contribution in [0, 0.1) is 11.6 Å². The van der Waals surface area contributed by atoms with Crippen LogP contribution >= 0.6 is 11.3 Å². The minimum atomic E-state index is -0.761. The number of carbonyl (C=O) groups is 1. The fraction of sp³-hybridized carbons (Fsp3) is 0.316. The molecule has 156 valence electrons. The van der Waals surface area contributed by atoms with Crippen molar-refractivity contribution in [2.45, 2.75) is 18.5 Å². The van der Waals surface area contributed by atoms with Gasteiger partial charge in [0.25, 0.3) is 5.91 Å². The molecular formula is C19H19F2N7OS. The number of nitrogens with zero attached hydrogens (tertiary/aromatic N) is 4. The highest BCUT2D eigenvalue weighted by molar-refractivity contribution is 7.19. The van der Waals surface area contributed by atoms with Crippen molar-refractivity contribution in [1.82, 2.24) is 20.1 Å². The normalized spacial score (nSPS) is 20.2. The Labute approximate surface area is 174 Å². The van der Waals surface area contributed by atoms with Gasteiger partial charge in [-0.15, -0.1) is 0 Å². The van der Waals surface area contributed by atoms with Crippen LogP contribution in [0.25, 0.3) is 10.6 Å². The van der Waals surface area contributed by atoms with Crippen LogP contribution in [0.2, 0.25) is 0 Å². The van der Waals surface area contributed by atoms with Crippen LogP contribution in [-0.2, 0) is 7.05 Å². The van der Waals surface area contributed by atoms with Crippen LogP contribution in [0.4, 0.5) is 25.3 Å². The average molecular weight is 431 g/mol. The lowest BCUT2D eigenvalue weighted by Crippen LogP contribution is -2.44. The van der Waals surface area contributed by atoms with Gasteiger partial charge in [0.2, 0.25) is 0 Å². The lowest BCUT2D eigenvalue weighted by Gasteiger charge is -2.30. The van der Waals surface area contributed by atoms with Crippen molar-refractivity contribution in [3.8, 4) is 10.6 Å². The van der Waals surface area contributed by atoms with Gasteiger partial charge in [-0.3, -0.25) is 9.48 Å². The Hall–Kier alpha value is -3.05. The van der Waals surface area contributed by atoms with Crippen molar-refractivity contribution >= 4 is 33.8 Å². The number of nitrogens with one attached hydrogen (secondary N) is 2. The molecule has 2 atom stereocenters. The monoisotopic (exact) mass is 431 g/mol. The zero-order chi connectivity index (χ0) is 21.0. The molecule has 2 bridgehead atoms. The van der Waals surface area contributed by atoms with Gasteiger partial charge in [-0.05, 0) is 18.6 Å². The largest absolute Gasteiger partial charge is 0.389 e. The summed E-state index contributed by atoms with van der Waals surface area (Å²) in [5.74, 6) is -1.26. The number of halogens is 2. The third-order valence-corrected chi connectivity index (χ3v) is 6.43. The van der Waals surface area contributed by atoms with Crippen LogP contribution in [0.15, 0.2) is 24.4 Å². The molecule has 1 amide bonds. The summed E-state index contributed by atoms with van der Waals surface area (Å²) in [6, 6.07) is 4.32. The summed E-state index contributed by atoms with van der Waals surface area (Å²) in [4.78, 5) is 19.2. The van der Waals surface area contributed by atoms with Gasteiger partial charge >= 0.3 is 0 Å². The zero-order valence-corrected chi connectivity index (χ0v) is 16.8. The van der Waals surface area contributed by atoms with E-state index in [0.717, 1.165) is 48.8 Å². The second-order valence-electron chi connectivity index (χ2n) is 7.44. The van der Waals surface area contributed by atoms with Gasteiger partial charge in [-0.1, -0.05) is 17.4 Å². The SMILES string of the molecule is Cn1ncc(NC(=O)c2nc(-c3c(F)cccc3F)sc2N)c1N1CC2CC1CN2. The second kappa shape index (κ2) is 7.03. The quantitative estimate of drug-likeness (QED) is 0.586. The van der Waals surface area contributed by atoms with E-state index in [-0.39, 0.29) is 21.3 Å². The summed E-state index contributed by atoms with van der Waals surface area (Å²) >= 11 is 0.866. The summed E-state index contributed by atoms with van der Waals surface area (Å²) in [6.45, 7) is 1.72. The molecule has 1 aromatic carbocycles. The Balaban J connectivity index is 1.43.